The Morgan fingerprint density at radius 1 is 1.07 bits per heavy atom. The molecule has 1 aliphatic heterocycles. The molecular formula is C21H23N3O4. The highest BCUT2D eigenvalue weighted by Crippen LogP contribution is 2.32. The number of benzene rings is 2. The molecule has 1 aliphatic rings. The molecule has 1 heterocycles. The first kappa shape index (κ1) is 19.4. The van der Waals surface area contributed by atoms with E-state index in [0.717, 1.165) is 5.56 Å². The number of carbonyl (C=O) groups is 2. The summed E-state index contributed by atoms with van der Waals surface area (Å²) in [6.07, 6.45) is 1.56. The number of fused-ring (bicyclic) bond motifs is 1. The normalized spacial score (nSPS) is 12.8. The number of carbonyl (C=O) groups excluding carboxylic acids is 2. The second-order valence-electron chi connectivity index (χ2n) is 7.42. The lowest BCUT2D eigenvalue weighted by atomic mass is 9.87. The lowest BCUT2D eigenvalue weighted by Crippen LogP contribution is -2.34. The van der Waals surface area contributed by atoms with E-state index in [1.165, 1.54) is 5.56 Å². The molecule has 0 unspecified atom stereocenters. The van der Waals surface area contributed by atoms with Crippen LogP contribution in [0.5, 0.6) is 11.5 Å². The largest absolute Gasteiger partial charge is 0.454 e. The van der Waals surface area contributed by atoms with Crippen LogP contribution >= 0.6 is 0 Å². The van der Waals surface area contributed by atoms with Gasteiger partial charge in [-0.15, -0.1) is 0 Å². The topological polar surface area (TPSA) is 89.0 Å². The van der Waals surface area contributed by atoms with Crippen LogP contribution in [0, 0.1) is 0 Å². The molecule has 0 saturated carbocycles. The van der Waals surface area contributed by atoms with E-state index >= 15 is 0 Å². The van der Waals surface area contributed by atoms with E-state index in [-0.39, 0.29) is 24.7 Å². The van der Waals surface area contributed by atoms with Gasteiger partial charge in [0.05, 0.1) is 12.8 Å². The van der Waals surface area contributed by atoms with Gasteiger partial charge in [-0.25, -0.2) is 5.43 Å². The SMILES string of the molecule is CC(C)(C)c1ccc(C=NNC(=O)CNC(=O)c2ccc3c(c2)OCO3)cc1. The van der Waals surface area contributed by atoms with Crippen molar-refractivity contribution in [2.45, 2.75) is 26.2 Å². The third-order valence-corrected chi connectivity index (χ3v) is 4.22. The molecule has 7 heteroatoms. The van der Waals surface area contributed by atoms with Crippen LogP contribution in [0.15, 0.2) is 47.6 Å². The molecule has 2 N–H and O–H groups in total. The van der Waals surface area contributed by atoms with E-state index in [1.54, 1.807) is 24.4 Å². The van der Waals surface area contributed by atoms with Gasteiger partial charge < -0.3 is 14.8 Å². The maximum atomic E-state index is 12.1. The summed E-state index contributed by atoms with van der Waals surface area (Å²) >= 11 is 0. The molecule has 2 aromatic carbocycles. The highest BCUT2D eigenvalue weighted by molar-refractivity contribution is 5.97. The van der Waals surface area contributed by atoms with Gasteiger partial charge in [-0.05, 0) is 34.7 Å². The Balaban J connectivity index is 1.46. The zero-order valence-electron chi connectivity index (χ0n) is 16.1. The van der Waals surface area contributed by atoms with Crippen molar-refractivity contribution in [1.29, 1.82) is 0 Å². The van der Waals surface area contributed by atoms with Crippen LogP contribution in [-0.4, -0.2) is 31.4 Å². The molecule has 2 aromatic rings. The first-order valence-corrected chi connectivity index (χ1v) is 8.93. The number of amides is 2. The smallest absolute Gasteiger partial charge is 0.259 e. The van der Waals surface area contributed by atoms with Crippen LogP contribution < -0.4 is 20.2 Å². The van der Waals surface area contributed by atoms with Gasteiger partial charge in [0.15, 0.2) is 11.5 Å². The van der Waals surface area contributed by atoms with Crippen LogP contribution in [0.1, 0.15) is 42.3 Å². The Morgan fingerprint density at radius 3 is 2.50 bits per heavy atom. The minimum Gasteiger partial charge on any atom is -0.454 e. The fourth-order valence-corrected chi connectivity index (χ4v) is 2.59. The molecule has 0 spiro atoms. The number of hydrogen-bond donors (Lipinski definition) is 2. The summed E-state index contributed by atoms with van der Waals surface area (Å²) in [5, 5.41) is 6.46. The van der Waals surface area contributed by atoms with E-state index in [4.69, 9.17) is 9.47 Å². The van der Waals surface area contributed by atoms with Gasteiger partial charge in [-0.2, -0.15) is 5.10 Å². The summed E-state index contributed by atoms with van der Waals surface area (Å²) in [5.74, 6) is 0.310. The number of hydrogen-bond acceptors (Lipinski definition) is 5. The Bertz CT molecular complexity index is 899. The average molecular weight is 381 g/mol. The van der Waals surface area contributed by atoms with Gasteiger partial charge in [0.25, 0.3) is 11.8 Å². The Labute approximate surface area is 163 Å². The van der Waals surface area contributed by atoms with Crippen LogP contribution in [0.4, 0.5) is 0 Å². The van der Waals surface area contributed by atoms with Gasteiger partial charge in [-0.3, -0.25) is 9.59 Å². The number of nitrogens with zero attached hydrogens (tertiary/aromatic N) is 1. The molecule has 0 atom stereocenters. The summed E-state index contributed by atoms with van der Waals surface area (Å²) in [6, 6.07) is 12.8. The molecule has 28 heavy (non-hydrogen) atoms. The first-order chi connectivity index (χ1) is 13.3. The van der Waals surface area contributed by atoms with E-state index in [0.29, 0.717) is 17.1 Å². The molecule has 146 valence electrons. The van der Waals surface area contributed by atoms with Gasteiger partial charge in [0.1, 0.15) is 0 Å². The van der Waals surface area contributed by atoms with E-state index in [2.05, 4.69) is 36.6 Å². The quantitative estimate of drug-likeness (QED) is 0.615. The minimum absolute atomic E-state index is 0.0834. The monoisotopic (exact) mass is 381 g/mol. The maximum absolute atomic E-state index is 12.1. The Morgan fingerprint density at radius 2 is 1.79 bits per heavy atom. The fourth-order valence-electron chi connectivity index (χ4n) is 2.59. The second kappa shape index (κ2) is 8.12. The maximum Gasteiger partial charge on any atom is 0.259 e. The molecule has 7 nitrogen and oxygen atoms in total. The molecule has 2 amide bonds. The zero-order valence-corrected chi connectivity index (χ0v) is 16.1. The Kier molecular flexibility index (Phi) is 5.63. The molecule has 3 rings (SSSR count). The lowest BCUT2D eigenvalue weighted by Gasteiger charge is -2.18. The van der Waals surface area contributed by atoms with Crippen molar-refractivity contribution in [2.24, 2.45) is 5.10 Å². The number of rotatable bonds is 5. The summed E-state index contributed by atoms with van der Waals surface area (Å²) < 4.78 is 10.4. The van der Waals surface area contributed by atoms with E-state index in [9.17, 15) is 9.59 Å². The predicted molar refractivity (Wildman–Crippen MR) is 106 cm³/mol. The summed E-state index contributed by atoms with van der Waals surface area (Å²) in [6.45, 7) is 6.39. The first-order valence-electron chi connectivity index (χ1n) is 8.93. The average Bonchev–Trinajstić information content (AvgIpc) is 3.13. The molecule has 0 saturated heterocycles. The van der Waals surface area contributed by atoms with Crippen molar-refractivity contribution >= 4 is 18.0 Å². The molecule has 0 aromatic heterocycles. The third kappa shape index (κ3) is 4.88. The van der Waals surface area contributed by atoms with Crippen molar-refractivity contribution in [3.63, 3.8) is 0 Å². The summed E-state index contributed by atoms with van der Waals surface area (Å²) in [4.78, 5) is 24.0. The highest BCUT2D eigenvalue weighted by atomic mass is 16.7. The van der Waals surface area contributed by atoms with Gasteiger partial charge in [0.2, 0.25) is 6.79 Å². The number of hydrazone groups is 1. The third-order valence-electron chi connectivity index (χ3n) is 4.22. The van der Waals surface area contributed by atoms with Gasteiger partial charge >= 0.3 is 0 Å². The lowest BCUT2D eigenvalue weighted by molar-refractivity contribution is -0.120. The van der Waals surface area contributed by atoms with Crippen LogP contribution in [0.25, 0.3) is 0 Å². The molecular weight excluding hydrogens is 358 g/mol. The van der Waals surface area contributed by atoms with Gasteiger partial charge in [0, 0.05) is 5.56 Å². The highest BCUT2D eigenvalue weighted by Gasteiger charge is 2.16. The van der Waals surface area contributed by atoms with Crippen LogP contribution in [0.2, 0.25) is 0 Å². The second-order valence-corrected chi connectivity index (χ2v) is 7.42. The van der Waals surface area contributed by atoms with Crippen molar-refractivity contribution in [3.05, 3.63) is 59.2 Å². The number of ether oxygens (including phenoxy) is 2. The molecule has 0 radical (unpaired) electrons. The van der Waals surface area contributed by atoms with Crippen LogP contribution in [-0.2, 0) is 10.2 Å². The fraction of sp³-hybridized carbons (Fsp3) is 0.286. The van der Waals surface area contributed by atoms with Crippen LogP contribution in [0.3, 0.4) is 0 Å². The Hall–Kier alpha value is -3.35. The van der Waals surface area contributed by atoms with Crippen molar-refractivity contribution in [3.8, 4) is 11.5 Å². The van der Waals surface area contributed by atoms with Gasteiger partial charge in [-0.1, -0.05) is 45.0 Å². The molecule has 0 bridgehead atoms. The van der Waals surface area contributed by atoms with Crippen molar-refractivity contribution < 1.29 is 19.1 Å². The molecule has 0 fully saturated rings. The standard InChI is InChI=1S/C21H23N3O4/c1-21(2,3)16-7-4-14(5-8-16)11-23-24-19(25)12-22-20(26)15-6-9-17-18(10-15)28-13-27-17/h4-11H,12-13H2,1-3H3,(H,22,26)(H,24,25). The summed E-state index contributed by atoms with van der Waals surface area (Å²) in [5.41, 5.74) is 4.96. The minimum atomic E-state index is -0.420. The van der Waals surface area contributed by atoms with Crippen molar-refractivity contribution in [1.82, 2.24) is 10.7 Å². The zero-order chi connectivity index (χ0) is 20.1. The van der Waals surface area contributed by atoms with E-state index < -0.39 is 5.91 Å². The molecule has 0 aliphatic carbocycles. The number of nitrogens with one attached hydrogen (secondary N) is 2. The predicted octanol–water partition coefficient (Wildman–Crippen LogP) is 2.59. The summed E-state index contributed by atoms with van der Waals surface area (Å²) in [7, 11) is 0. The van der Waals surface area contributed by atoms with Crippen molar-refractivity contribution in [2.75, 3.05) is 13.3 Å². The van der Waals surface area contributed by atoms with E-state index in [1.807, 2.05) is 24.3 Å².